The number of aliphatic imine (C=N–C) groups is 1. The van der Waals surface area contributed by atoms with Crippen molar-refractivity contribution in [2.24, 2.45) is 4.99 Å². The zero-order chi connectivity index (χ0) is 17.1. The first-order valence-corrected chi connectivity index (χ1v) is 8.60. The quantitative estimate of drug-likeness (QED) is 0.732. The van der Waals surface area contributed by atoms with Gasteiger partial charge in [-0.1, -0.05) is 60.7 Å². The Labute approximate surface area is 148 Å². The smallest absolute Gasteiger partial charge is 0.137 e. The van der Waals surface area contributed by atoms with Crippen molar-refractivity contribution in [3.8, 4) is 0 Å². The summed E-state index contributed by atoms with van der Waals surface area (Å²) in [4.78, 5) is 7.31. The van der Waals surface area contributed by atoms with E-state index in [0.29, 0.717) is 0 Å². The fraction of sp³-hybridized carbons (Fsp3) is 0.136. The molecule has 0 bridgehead atoms. The first-order valence-electron chi connectivity index (χ1n) is 8.60. The summed E-state index contributed by atoms with van der Waals surface area (Å²) in [5.74, 6) is 0.963. The minimum Gasteiger partial charge on any atom is -0.398 e. The molecule has 0 saturated carbocycles. The highest BCUT2D eigenvalue weighted by atomic mass is 15.3. The average molecular weight is 327 g/mol. The van der Waals surface area contributed by atoms with Crippen LogP contribution in [-0.2, 0) is 6.42 Å². The fourth-order valence-corrected chi connectivity index (χ4v) is 3.33. The van der Waals surface area contributed by atoms with Crippen molar-refractivity contribution in [3.05, 3.63) is 96.1 Å². The van der Waals surface area contributed by atoms with Crippen molar-refractivity contribution >= 4 is 17.2 Å². The van der Waals surface area contributed by atoms with Gasteiger partial charge in [-0.15, -0.1) is 0 Å². The molecule has 4 rings (SSSR count). The Morgan fingerprint density at radius 2 is 1.48 bits per heavy atom. The zero-order valence-corrected chi connectivity index (χ0v) is 14.0. The molecule has 0 unspecified atom stereocenters. The van der Waals surface area contributed by atoms with Crippen LogP contribution in [0.2, 0.25) is 0 Å². The summed E-state index contributed by atoms with van der Waals surface area (Å²) in [6, 6.07) is 29.1. The number of para-hydroxylation sites is 2. The summed E-state index contributed by atoms with van der Waals surface area (Å²) in [6.45, 7) is 0.864. The lowest BCUT2D eigenvalue weighted by atomic mass is 10.1. The number of nitrogens with two attached hydrogens (primary N) is 1. The molecule has 0 aromatic heterocycles. The molecular formula is C22H21N3. The summed E-state index contributed by atoms with van der Waals surface area (Å²) in [5, 5.41) is 0. The zero-order valence-electron chi connectivity index (χ0n) is 14.0. The van der Waals surface area contributed by atoms with Crippen LogP contribution in [0, 0.1) is 0 Å². The second-order valence-electron chi connectivity index (χ2n) is 6.33. The number of nitrogen functional groups attached to an aromatic ring is 1. The van der Waals surface area contributed by atoms with Crippen LogP contribution in [0.5, 0.6) is 0 Å². The van der Waals surface area contributed by atoms with Crippen LogP contribution in [0.15, 0.2) is 89.9 Å². The van der Waals surface area contributed by atoms with Gasteiger partial charge in [0.2, 0.25) is 0 Å². The first-order chi connectivity index (χ1) is 12.3. The molecule has 0 saturated heterocycles. The highest BCUT2D eigenvalue weighted by Gasteiger charge is 2.28. The third-order valence-electron chi connectivity index (χ3n) is 4.54. The van der Waals surface area contributed by atoms with Gasteiger partial charge in [-0.25, -0.2) is 0 Å². The Bertz CT molecular complexity index is 872. The SMILES string of the molecule is Nc1ccccc1C1=N[C@@H](Cc2ccccc2)CN1c1ccccc1. The molecule has 25 heavy (non-hydrogen) atoms. The molecule has 1 aliphatic rings. The van der Waals surface area contributed by atoms with Gasteiger partial charge >= 0.3 is 0 Å². The molecule has 0 radical (unpaired) electrons. The summed E-state index contributed by atoms with van der Waals surface area (Å²) < 4.78 is 0. The van der Waals surface area contributed by atoms with E-state index in [1.165, 1.54) is 5.56 Å². The molecule has 1 aliphatic heterocycles. The van der Waals surface area contributed by atoms with Crippen molar-refractivity contribution in [1.82, 2.24) is 0 Å². The molecule has 124 valence electrons. The number of benzene rings is 3. The molecule has 3 heteroatoms. The summed E-state index contributed by atoms with van der Waals surface area (Å²) >= 11 is 0. The van der Waals surface area contributed by atoms with Gasteiger partial charge in [-0.05, 0) is 36.2 Å². The van der Waals surface area contributed by atoms with Crippen molar-refractivity contribution in [1.29, 1.82) is 0 Å². The normalized spacial score (nSPS) is 16.7. The minimum absolute atomic E-state index is 0.220. The van der Waals surface area contributed by atoms with Crippen molar-refractivity contribution in [2.45, 2.75) is 12.5 Å². The monoisotopic (exact) mass is 327 g/mol. The molecule has 0 fully saturated rings. The Balaban J connectivity index is 1.69. The van der Waals surface area contributed by atoms with Crippen LogP contribution in [0.3, 0.4) is 0 Å². The molecule has 3 nitrogen and oxygen atoms in total. The summed E-state index contributed by atoms with van der Waals surface area (Å²) in [7, 11) is 0. The molecule has 1 heterocycles. The number of hydrogen-bond donors (Lipinski definition) is 1. The summed E-state index contributed by atoms with van der Waals surface area (Å²) in [6.07, 6.45) is 0.931. The molecule has 2 N–H and O–H groups in total. The third kappa shape index (κ3) is 3.26. The molecule has 0 aliphatic carbocycles. The minimum atomic E-state index is 0.220. The fourth-order valence-electron chi connectivity index (χ4n) is 3.33. The third-order valence-corrected chi connectivity index (χ3v) is 4.54. The van der Waals surface area contributed by atoms with E-state index >= 15 is 0 Å². The first kappa shape index (κ1) is 15.5. The van der Waals surface area contributed by atoms with Gasteiger partial charge in [0, 0.05) is 23.5 Å². The van der Waals surface area contributed by atoms with Crippen LogP contribution >= 0.6 is 0 Å². The van der Waals surface area contributed by atoms with Gasteiger partial charge in [0.15, 0.2) is 0 Å². The maximum Gasteiger partial charge on any atom is 0.137 e. The Morgan fingerprint density at radius 3 is 2.20 bits per heavy atom. The maximum absolute atomic E-state index is 6.23. The van der Waals surface area contributed by atoms with E-state index in [0.717, 1.165) is 35.7 Å². The second kappa shape index (κ2) is 6.81. The van der Waals surface area contributed by atoms with E-state index in [9.17, 15) is 0 Å². The van der Waals surface area contributed by atoms with Crippen LogP contribution < -0.4 is 10.6 Å². The molecule has 0 amide bonds. The van der Waals surface area contributed by atoms with Crippen molar-refractivity contribution < 1.29 is 0 Å². The van der Waals surface area contributed by atoms with Crippen LogP contribution in [0.4, 0.5) is 11.4 Å². The van der Waals surface area contributed by atoms with E-state index in [1.807, 2.05) is 30.3 Å². The number of rotatable bonds is 4. The highest BCUT2D eigenvalue weighted by Crippen LogP contribution is 2.27. The Hall–Kier alpha value is -3.07. The topological polar surface area (TPSA) is 41.6 Å². The predicted molar refractivity (Wildman–Crippen MR) is 105 cm³/mol. The number of nitrogens with zero attached hydrogens (tertiary/aromatic N) is 2. The number of anilines is 2. The van der Waals surface area contributed by atoms with Gasteiger partial charge in [-0.3, -0.25) is 4.99 Å². The molecular weight excluding hydrogens is 306 g/mol. The van der Waals surface area contributed by atoms with E-state index in [4.69, 9.17) is 10.7 Å². The molecule has 3 aromatic rings. The largest absolute Gasteiger partial charge is 0.398 e. The van der Waals surface area contributed by atoms with E-state index in [1.54, 1.807) is 0 Å². The van der Waals surface area contributed by atoms with Crippen molar-refractivity contribution in [2.75, 3.05) is 17.2 Å². The van der Waals surface area contributed by atoms with Gasteiger partial charge in [0.25, 0.3) is 0 Å². The maximum atomic E-state index is 6.23. The average Bonchev–Trinajstić information content (AvgIpc) is 3.07. The second-order valence-corrected chi connectivity index (χ2v) is 6.33. The Morgan fingerprint density at radius 1 is 0.840 bits per heavy atom. The molecule has 0 spiro atoms. The van der Waals surface area contributed by atoms with E-state index in [-0.39, 0.29) is 6.04 Å². The Kier molecular flexibility index (Phi) is 4.21. The lowest BCUT2D eigenvalue weighted by Crippen LogP contribution is -2.30. The predicted octanol–water partition coefficient (Wildman–Crippen LogP) is 4.15. The standard InChI is InChI=1S/C22H21N3/c23-21-14-8-7-13-20(21)22-24-18(15-17-9-3-1-4-10-17)16-25(22)19-11-5-2-6-12-19/h1-14,18H,15-16,23H2/t18-/m0/s1. The van der Waals surface area contributed by atoms with Gasteiger partial charge in [-0.2, -0.15) is 0 Å². The van der Waals surface area contributed by atoms with Crippen LogP contribution in [-0.4, -0.2) is 18.4 Å². The molecule has 1 atom stereocenters. The van der Waals surface area contributed by atoms with E-state index in [2.05, 4.69) is 59.5 Å². The number of amidine groups is 1. The highest BCUT2D eigenvalue weighted by molar-refractivity contribution is 6.14. The van der Waals surface area contributed by atoms with Crippen LogP contribution in [0.25, 0.3) is 0 Å². The lowest BCUT2D eigenvalue weighted by Gasteiger charge is -2.22. The van der Waals surface area contributed by atoms with E-state index < -0.39 is 0 Å². The van der Waals surface area contributed by atoms with Gasteiger partial charge < -0.3 is 10.6 Å². The van der Waals surface area contributed by atoms with Gasteiger partial charge in [0.05, 0.1) is 6.04 Å². The lowest BCUT2D eigenvalue weighted by molar-refractivity contribution is 0.714. The number of hydrogen-bond acceptors (Lipinski definition) is 3. The van der Waals surface area contributed by atoms with Crippen molar-refractivity contribution in [3.63, 3.8) is 0 Å². The molecule has 3 aromatic carbocycles. The van der Waals surface area contributed by atoms with Crippen LogP contribution in [0.1, 0.15) is 11.1 Å². The summed E-state index contributed by atoms with van der Waals surface area (Å²) in [5.41, 5.74) is 10.5. The van der Waals surface area contributed by atoms with Gasteiger partial charge in [0.1, 0.15) is 5.84 Å².